The van der Waals surface area contributed by atoms with E-state index in [9.17, 15) is 18.0 Å². The first-order chi connectivity index (χ1) is 22.9. The van der Waals surface area contributed by atoms with E-state index in [-0.39, 0.29) is 52.7 Å². The van der Waals surface area contributed by atoms with Gasteiger partial charge in [0.1, 0.15) is 40.3 Å². The largest absolute Gasteiger partial charge is 0.487 e. The number of pyridine rings is 2. The highest BCUT2D eigenvalue weighted by Crippen LogP contribution is 2.36. The molecule has 3 heterocycles. The number of para-hydroxylation sites is 1. The number of aromatic nitrogens is 2. The molecule has 2 aromatic heterocycles. The van der Waals surface area contributed by atoms with Crippen LogP contribution in [0.3, 0.4) is 0 Å². The predicted octanol–water partition coefficient (Wildman–Crippen LogP) is 4.51. The Labute approximate surface area is 288 Å². The zero-order chi connectivity index (χ0) is 34.6. The number of sulfonamides is 1. The molecule has 1 aliphatic heterocycles. The first-order valence-electron chi connectivity index (χ1n) is 15.2. The number of carbonyl (C=O) groups is 2. The third-order valence-corrected chi connectivity index (χ3v) is 10.8. The minimum absolute atomic E-state index is 0.0738. The number of nitrogen functional groups attached to an aromatic ring is 1. The predicted molar refractivity (Wildman–Crippen MR) is 184 cm³/mol. The molecule has 0 unspecified atom stereocenters. The van der Waals surface area contributed by atoms with E-state index >= 15 is 0 Å². The molecule has 0 radical (unpaired) electrons. The van der Waals surface area contributed by atoms with Gasteiger partial charge >= 0.3 is 0 Å². The van der Waals surface area contributed by atoms with Gasteiger partial charge in [0.25, 0.3) is 5.91 Å². The number of nitrogens with zero attached hydrogens (tertiary/aromatic N) is 3. The van der Waals surface area contributed by atoms with Crippen LogP contribution >= 0.6 is 23.2 Å². The van der Waals surface area contributed by atoms with Crippen LogP contribution in [0.25, 0.3) is 10.9 Å². The van der Waals surface area contributed by atoms with E-state index in [2.05, 4.69) is 20.6 Å². The molecule has 0 spiro atoms. The van der Waals surface area contributed by atoms with Gasteiger partial charge in [-0.1, -0.05) is 35.3 Å². The number of ether oxygens (including phenoxy) is 1. The molecule has 5 rings (SSSR count). The summed E-state index contributed by atoms with van der Waals surface area (Å²) >= 11 is 13.2. The average Bonchev–Trinajstić information content (AvgIpc) is 3.56. The van der Waals surface area contributed by atoms with E-state index in [1.54, 1.807) is 6.07 Å². The molecule has 12 nitrogen and oxygen atoms in total. The van der Waals surface area contributed by atoms with Crippen LogP contribution in [0.1, 0.15) is 52.1 Å². The van der Waals surface area contributed by atoms with Gasteiger partial charge < -0.3 is 21.1 Å². The summed E-state index contributed by atoms with van der Waals surface area (Å²) < 4.78 is 35.1. The van der Waals surface area contributed by atoms with Crippen LogP contribution in [-0.4, -0.2) is 66.0 Å². The molecule has 1 atom stereocenters. The molecule has 1 fully saturated rings. The Morgan fingerprint density at radius 1 is 1.10 bits per heavy atom. The standard InChI is InChI=1S/C33H35Cl2N7O5S/c1-19-16-20(2)41-30-22(19)6-3-8-27(30)47-18-23-24(34)10-12-28(29(23)35)48(45,46)42-15-4-7-26(42)33(44)39-14-5-13-38-32(43)25-11-9-21(17-40-25)31(36)37/h3,6,8-12,16-17,26H,4-5,7,13-15,18H2,1-2H3,(H3,36,37)(H,38,43)(H,39,44)/t26-/m0/s1. The second kappa shape index (κ2) is 14.9. The summed E-state index contributed by atoms with van der Waals surface area (Å²) in [5, 5.41) is 14.0. The van der Waals surface area contributed by atoms with Gasteiger partial charge in [0.05, 0.1) is 5.02 Å². The highest BCUT2D eigenvalue weighted by atomic mass is 35.5. The summed E-state index contributed by atoms with van der Waals surface area (Å²) in [4.78, 5) is 33.9. The van der Waals surface area contributed by atoms with Crippen molar-refractivity contribution in [3.8, 4) is 5.75 Å². The lowest BCUT2D eigenvalue weighted by Crippen LogP contribution is -2.46. The maximum absolute atomic E-state index is 13.9. The third-order valence-electron chi connectivity index (χ3n) is 8.00. The Bertz CT molecular complexity index is 1990. The Morgan fingerprint density at radius 3 is 2.60 bits per heavy atom. The zero-order valence-electron chi connectivity index (χ0n) is 26.3. The van der Waals surface area contributed by atoms with Crippen molar-refractivity contribution < 1.29 is 22.7 Å². The van der Waals surface area contributed by atoms with Crippen molar-refractivity contribution in [1.29, 1.82) is 5.41 Å². The quantitative estimate of drug-likeness (QED) is 0.0941. The van der Waals surface area contributed by atoms with Gasteiger partial charge in [0.15, 0.2) is 0 Å². The summed E-state index contributed by atoms with van der Waals surface area (Å²) in [7, 11) is -4.19. The number of carbonyl (C=O) groups excluding carboxylic acids is 2. The minimum Gasteiger partial charge on any atom is -0.487 e. The van der Waals surface area contributed by atoms with E-state index in [0.717, 1.165) is 16.6 Å². The zero-order valence-corrected chi connectivity index (χ0v) is 28.7. The smallest absolute Gasteiger partial charge is 0.269 e. The highest BCUT2D eigenvalue weighted by Gasteiger charge is 2.40. The lowest BCUT2D eigenvalue weighted by molar-refractivity contribution is -0.124. The first-order valence-corrected chi connectivity index (χ1v) is 17.4. The number of halogens is 2. The SMILES string of the molecule is Cc1cc(C)c2cccc(OCc3c(Cl)ccc(S(=O)(=O)N4CCC[C@H]4C(=O)NCCCNC(=O)c4ccc(C(=N)N)cn4)c3Cl)c2n1. The molecule has 5 N–H and O–H groups in total. The number of nitrogens with one attached hydrogen (secondary N) is 3. The van der Waals surface area contributed by atoms with Gasteiger partial charge in [0, 0.05) is 53.1 Å². The Kier molecular flexibility index (Phi) is 10.8. The number of fused-ring (bicyclic) bond motifs is 1. The molecule has 252 valence electrons. The van der Waals surface area contributed by atoms with Crippen molar-refractivity contribution in [3.63, 3.8) is 0 Å². The number of hydrogen-bond acceptors (Lipinski definition) is 8. The molecular formula is C33H35Cl2N7O5S. The molecule has 1 aliphatic rings. The summed E-state index contributed by atoms with van der Waals surface area (Å²) in [6.45, 7) is 4.40. The molecule has 2 amide bonds. The Hall–Kier alpha value is -4.30. The monoisotopic (exact) mass is 711 g/mol. The molecular weight excluding hydrogens is 677 g/mol. The van der Waals surface area contributed by atoms with Crippen molar-refractivity contribution in [2.75, 3.05) is 19.6 Å². The molecule has 0 aliphatic carbocycles. The van der Waals surface area contributed by atoms with Gasteiger partial charge in [0.2, 0.25) is 15.9 Å². The number of nitrogens with two attached hydrogens (primary N) is 1. The van der Waals surface area contributed by atoms with Crippen LogP contribution in [0.5, 0.6) is 5.75 Å². The lowest BCUT2D eigenvalue weighted by Gasteiger charge is -2.24. The van der Waals surface area contributed by atoms with Gasteiger partial charge in [-0.2, -0.15) is 4.31 Å². The van der Waals surface area contributed by atoms with Gasteiger partial charge in [-0.15, -0.1) is 0 Å². The number of amidine groups is 1. The van der Waals surface area contributed by atoms with Crippen LogP contribution in [0.15, 0.2) is 59.6 Å². The number of rotatable bonds is 12. The molecule has 2 aromatic carbocycles. The minimum atomic E-state index is -4.19. The maximum Gasteiger partial charge on any atom is 0.269 e. The van der Waals surface area contributed by atoms with Crippen LogP contribution in [0.2, 0.25) is 10.0 Å². The second-order valence-electron chi connectivity index (χ2n) is 11.4. The van der Waals surface area contributed by atoms with E-state index in [1.807, 2.05) is 32.0 Å². The molecule has 4 aromatic rings. The maximum atomic E-state index is 13.9. The van der Waals surface area contributed by atoms with E-state index in [0.29, 0.717) is 41.7 Å². The summed E-state index contributed by atoms with van der Waals surface area (Å²) in [5.74, 6) is -0.486. The molecule has 15 heteroatoms. The fourth-order valence-electron chi connectivity index (χ4n) is 5.54. The molecule has 48 heavy (non-hydrogen) atoms. The van der Waals surface area contributed by atoms with Crippen molar-refractivity contribution in [3.05, 3.63) is 92.9 Å². The van der Waals surface area contributed by atoms with Crippen LogP contribution in [0.4, 0.5) is 0 Å². The highest BCUT2D eigenvalue weighted by molar-refractivity contribution is 7.89. The van der Waals surface area contributed by atoms with Crippen LogP contribution < -0.4 is 21.1 Å². The number of aryl methyl sites for hydroxylation is 2. The summed E-state index contributed by atoms with van der Waals surface area (Å²) in [5.41, 5.74) is 8.85. The van der Waals surface area contributed by atoms with Crippen molar-refractivity contribution in [2.24, 2.45) is 5.73 Å². The summed E-state index contributed by atoms with van der Waals surface area (Å²) in [6.07, 6.45) is 2.59. The van der Waals surface area contributed by atoms with Crippen molar-refractivity contribution in [2.45, 2.75) is 50.7 Å². The number of hydrogen-bond donors (Lipinski definition) is 4. The second-order valence-corrected chi connectivity index (χ2v) is 14.0. The van der Waals surface area contributed by atoms with Gasteiger partial charge in [-0.25, -0.2) is 13.4 Å². The van der Waals surface area contributed by atoms with Gasteiger partial charge in [-0.05, 0) is 75.1 Å². The number of benzene rings is 2. The topological polar surface area (TPSA) is 180 Å². The van der Waals surface area contributed by atoms with Crippen LogP contribution in [0, 0.1) is 19.3 Å². The normalized spacial score (nSPS) is 15.0. The van der Waals surface area contributed by atoms with E-state index in [1.165, 1.54) is 34.8 Å². The molecule has 1 saturated heterocycles. The third kappa shape index (κ3) is 7.54. The van der Waals surface area contributed by atoms with Gasteiger partial charge in [-0.3, -0.25) is 20.0 Å². The molecule has 0 saturated carbocycles. The molecule has 0 bridgehead atoms. The summed E-state index contributed by atoms with van der Waals surface area (Å²) in [6, 6.07) is 12.5. The lowest BCUT2D eigenvalue weighted by atomic mass is 10.1. The van der Waals surface area contributed by atoms with Crippen molar-refractivity contribution >= 4 is 61.8 Å². The fourth-order valence-corrected chi connectivity index (χ4v) is 8.06. The first kappa shape index (κ1) is 35.0. The van der Waals surface area contributed by atoms with E-state index in [4.69, 9.17) is 39.1 Å². The average molecular weight is 713 g/mol. The number of amides is 2. The van der Waals surface area contributed by atoms with E-state index < -0.39 is 27.9 Å². The Balaban J connectivity index is 1.21. The van der Waals surface area contributed by atoms with Crippen LogP contribution in [-0.2, 0) is 21.4 Å². The fraction of sp³-hybridized carbons (Fsp3) is 0.303. The Morgan fingerprint density at radius 2 is 1.88 bits per heavy atom. The van der Waals surface area contributed by atoms with Crippen molar-refractivity contribution in [1.82, 2.24) is 24.9 Å².